The van der Waals surface area contributed by atoms with Crippen LogP contribution in [0.4, 0.5) is 0 Å². The number of hydrogen-bond acceptors (Lipinski definition) is 1. The minimum absolute atomic E-state index is 0.299. The molecule has 156 valence electrons. The largest absolute Gasteiger partial charge is 0.478 e. The highest BCUT2D eigenvalue weighted by atomic mass is 35.5. The first-order valence-electron chi connectivity index (χ1n) is 10.6. The number of hydrogen-bond donors (Lipinski definition) is 1. The molecule has 1 heterocycles. The molecule has 4 rings (SSSR count). The molecule has 3 nitrogen and oxygen atoms in total. The SMILES string of the molecule is CCC(C)(C)C1CCc2c(cc(-c3cccc(Cl)c3)n2-c2cccc(C(=O)O)c2)C1. The first kappa shape index (κ1) is 20.7. The summed E-state index contributed by atoms with van der Waals surface area (Å²) in [5, 5.41) is 10.2. The van der Waals surface area contributed by atoms with Crippen LogP contribution in [0.5, 0.6) is 0 Å². The van der Waals surface area contributed by atoms with Crippen LogP contribution in [0.3, 0.4) is 0 Å². The van der Waals surface area contributed by atoms with Crippen LogP contribution in [-0.2, 0) is 12.8 Å². The van der Waals surface area contributed by atoms with Gasteiger partial charge in [-0.1, -0.05) is 57.0 Å². The van der Waals surface area contributed by atoms with Gasteiger partial charge in [-0.3, -0.25) is 0 Å². The molecule has 0 aliphatic heterocycles. The number of carboxylic acid groups (broad SMARTS) is 1. The second kappa shape index (κ2) is 7.96. The molecule has 1 aromatic heterocycles. The van der Waals surface area contributed by atoms with E-state index in [0.29, 0.717) is 21.9 Å². The summed E-state index contributed by atoms with van der Waals surface area (Å²) >= 11 is 6.30. The van der Waals surface area contributed by atoms with Crippen molar-refractivity contribution in [1.82, 2.24) is 4.57 Å². The maximum Gasteiger partial charge on any atom is 0.335 e. The first-order chi connectivity index (χ1) is 14.3. The highest BCUT2D eigenvalue weighted by molar-refractivity contribution is 6.30. The zero-order valence-corrected chi connectivity index (χ0v) is 18.5. The molecule has 0 radical (unpaired) electrons. The Hall–Kier alpha value is -2.52. The molecule has 0 saturated heterocycles. The van der Waals surface area contributed by atoms with E-state index < -0.39 is 5.97 Å². The van der Waals surface area contributed by atoms with Gasteiger partial charge in [0.15, 0.2) is 0 Å². The monoisotopic (exact) mass is 421 g/mol. The molecular weight excluding hydrogens is 394 g/mol. The van der Waals surface area contributed by atoms with Crippen molar-refractivity contribution in [2.75, 3.05) is 0 Å². The molecule has 0 bridgehead atoms. The van der Waals surface area contributed by atoms with Crippen LogP contribution < -0.4 is 0 Å². The molecule has 0 fully saturated rings. The molecule has 1 N–H and O–H groups in total. The van der Waals surface area contributed by atoms with E-state index >= 15 is 0 Å². The van der Waals surface area contributed by atoms with Crippen molar-refractivity contribution in [2.45, 2.75) is 46.5 Å². The Balaban J connectivity index is 1.88. The fourth-order valence-corrected chi connectivity index (χ4v) is 4.81. The quantitative estimate of drug-likeness (QED) is 0.480. The van der Waals surface area contributed by atoms with Gasteiger partial charge in [0.2, 0.25) is 0 Å². The third-order valence-electron chi connectivity index (χ3n) is 6.88. The average Bonchev–Trinajstić information content (AvgIpc) is 3.12. The number of carbonyl (C=O) groups is 1. The third kappa shape index (κ3) is 3.79. The van der Waals surface area contributed by atoms with Crippen LogP contribution in [0.2, 0.25) is 5.02 Å². The second-order valence-electron chi connectivity index (χ2n) is 8.98. The molecule has 1 unspecified atom stereocenters. The van der Waals surface area contributed by atoms with E-state index in [4.69, 9.17) is 11.6 Å². The smallest absolute Gasteiger partial charge is 0.335 e. The number of aromatic carboxylic acids is 1. The Kier molecular flexibility index (Phi) is 5.50. The zero-order valence-electron chi connectivity index (χ0n) is 17.8. The molecule has 30 heavy (non-hydrogen) atoms. The molecule has 1 atom stereocenters. The Morgan fingerprint density at radius 2 is 1.93 bits per heavy atom. The Labute approximate surface area is 183 Å². The van der Waals surface area contributed by atoms with Gasteiger partial charge in [0.1, 0.15) is 0 Å². The fraction of sp³-hybridized carbons (Fsp3) is 0.346. The minimum atomic E-state index is -0.910. The lowest BCUT2D eigenvalue weighted by molar-refractivity contribution is 0.0697. The lowest BCUT2D eigenvalue weighted by Crippen LogP contribution is -2.29. The number of rotatable bonds is 5. The summed E-state index contributed by atoms with van der Waals surface area (Å²) < 4.78 is 2.24. The van der Waals surface area contributed by atoms with E-state index in [9.17, 15) is 9.90 Å². The van der Waals surface area contributed by atoms with Gasteiger partial charge in [0.25, 0.3) is 0 Å². The number of benzene rings is 2. The first-order valence-corrected chi connectivity index (χ1v) is 11.0. The van der Waals surface area contributed by atoms with Gasteiger partial charge in [-0.25, -0.2) is 4.79 Å². The van der Waals surface area contributed by atoms with Gasteiger partial charge in [0, 0.05) is 16.4 Å². The van der Waals surface area contributed by atoms with Crippen molar-refractivity contribution < 1.29 is 9.90 Å². The average molecular weight is 422 g/mol. The minimum Gasteiger partial charge on any atom is -0.478 e. The van der Waals surface area contributed by atoms with Gasteiger partial charge in [-0.15, -0.1) is 0 Å². The molecule has 0 saturated carbocycles. The van der Waals surface area contributed by atoms with Gasteiger partial charge in [-0.2, -0.15) is 0 Å². The number of aromatic nitrogens is 1. The van der Waals surface area contributed by atoms with Crippen molar-refractivity contribution in [3.05, 3.63) is 76.4 Å². The van der Waals surface area contributed by atoms with Crippen molar-refractivity contribution >= 4 is 17.6 Å². The zero-order chi connectivity index (χ0) is 21.5. The summed E-state index contributed by atoms with van der Waals surface area (Å²) in [6.07, 6.45) is 4.34. The maximum atomic E-state index is 11.6. The lowest BCUT2D eigenvalue weighted by Gasteiger charge is -2.36. The van der Waals surface area contributed by atoms with E-state index in [1.165, 1.54) is 11.3 Å². The van der Waals surface area contributed by atoms with Crippen molar-refractivity contribution in [1.29, 1.82) is 0 Å². The molecule has 1 aliphatic rings. The van der Waals surface area contributed by atoms with Crippen LogP contribution in [0.1, 0.15) is 55.2 Å². The molecule has 0 amide bonds. The molecule has 0 spiro atoms. The summed E-state index contributed by atoms with van der Waals surface area (Å²) in [5.74, 6) is -0.268. The van der Waals surface area contributed by atoms with Crippen LogP contribution >= 0.6 is 11.6 Å². The van der Waals surface area contributed by atoms with Gasteiger partial charge in [0.05, 0.1) is 11.3 Å². The molecule has 3 aromatic rings. The Morgan fingerprint density at radius 1 is 1.17 bits per heavy atom. The number of fused-ring (bicyclic) bond motifs is 1. The molecule has 1 aliphatic carbocycles. The van der Waals surface area contributed by atoms with E-state index in [2.05, 4.69) is 37.5 Å². The summed E-state index contributed by atoms with van der Waals surface area (Å²) in [5.41, 5.74) is 6.26. The van der Waals surface area contributed by atoms with E-state index in [1.54, 1.807) is 12.1 Å². The maximum absolute atomic E-state index is 11.6. The van der Waals surface area contributed by atoms with Crippen molar-refractivity contribution in [3.8, 4) is 16.9 Å². The summed E-state index contributed by atoms with van der Waals surface area (Å²) in [7, 11) is 0. The van der Waals surface area contributed by atoms with E-state index in [1.807, 2.05) is 30.3 Å². The van der Waals surface area contributed by atoms with Gasteiger partial charge in [-0.05, 0) is 78.1 Å². The second-order valence-corrected chi connectivity index (χ2v) is 9.42. The predicted molar refractivity (Wildman–Crippen MR) is 123 cm³/mol. The van der Waals surface area contributed by atoms with Gasteiger partial charge >= 0.3 is 5.97 Å². The highest BCUT2D eigenvalue weighted by Gasteiger charge is 2.33. The Bertz CT molecular complexity index is 1100. The van der Waals surface area contributed by atoms with Gasteiger partial charge < -0.3 is 9.67 Å². The van der Waals surface area contributed by atoms with E-state index in [-0.39, 0.29) is 0 Å². The summed E-state index contributed by atoms with van der Waals surface area (Å²) in [6, 6.07) is 17.4. The van der Waals surface area contributed by atoms with E-state index in [0.717, 1.165) is 42.6 Å². The number of nitrogens with zero attached hydrogens (tertiary/aromatic N) is 1. The standard InChI is InChI=1S/C26H28ClNO2/c1-4-26(2,3)20-11-12-23-19(13-20)16-24(17-7-5-9-21(27)14-17)28(23)22-10-6-8-18(15-22)25(29)30/h5-10,14-16,20H,4,11-13H2,1-3H3,(H,29,30). The summed E-state index contributed by atoms with van der Waals surface area (Å²) in [4.78, 5) is 11.6. The van der Waals surface area contributed by atoms with Crippen LogP contribution in [0, 0.1) is 11.3 Å². The Morgan fingerprint density at radius 3 is 2.63 bits per heavy atom. The molecule has 4 heteroatoms. The highest BCUT2D eigenvalue weighted by Crippen LogP contribution is 2.43. The topological polar surface area (TPSA) is 42.2 Å². The molecule has 2 aromatic carbocycles. The van der Waals surface area contributed by atoms with Crippen molar-refractivity contribution in [2.24, 2.45) is 11.3 Å². The summed E-state index contributed by atoms with van der Waals surface area (Å²) in [6.45, 7) is 7.01. The number of carboxylic acids is 1. The predicted octanol–water partition coefficient (Wildman–Crippen LogP) is 7.04. The molecular formula is C26H28ClNO2. The van der Waals surface area contributed by atoms with Crippen LogP contribution in [0.25, 0.3) is 16.9 Å². The lowest BCUT2D eigenvalue weighted by atomic mass is 9.69. The number of halogens is 1. The van der Waals surface area contributed by atoms with Crippen LogP contribution in [-0.4, -0.2) is 15.6 Å². The third-order valence-corrected chi connectivity index (χ3v) is 7.11. The van der Waals surface area contributed by atoms with Crippen molar-refractivity contribution in [3.63, 3.8) is 0 Å². The fourth-order valence-electron chi connectivity index (χ4n) is 4.62. The van der Waals surface area contributed by atoms with Crippen LogP contribution in [0.15, 0.2) is 54.6 Å². The normalized spacial score (nSPS) is 16.3.